The molecule has 2 aromatic rings. The molecule has 1 aromatic carbocycles. The highest BCUT2D eigenvalue weighted by atomic mass is 19.1. The highest BCUT2D eigenvalue weighted by molar-refractivity contribution is 5.78. The number of aryl methyl sites for hydroxylation is 1. The van der Waals surface area contributed by atoms with Gasteiger partial charge in [0.15, 0.2) is 0 Å². The van der Waals surface area contributed by atoms with Crippen molar-refractivity contribution in [3.8, 4) is 11.1 Å². The quantitative estimate of drug-likeness (QED) is 0.814. The van der Waals surface area contributed by atoms with E-state index in [9.17, 15) is 4.39 Å². The number of nitrogen functional groups attached to an aromatic ring is 1. The molecular weight excluding hydrogens is 227 g/mol. The summed E-state index contributed by atoms with van der Waals surface area (Å²) in [5, 5.41) is 0. The second-order valence-corrected chi connectivity index (χ2v) is 4.86. The van der Waals surface area contributed by atoms with Crippen LogP contribution < -0.4 is 5.73 Å². The minimum atomic E-state index is -0.260. The Labute approximate surface area is 107 Å². The molecular formula is C15H17FN2. The Morgan fingerprint density at radius 1 is 1.17 bits per heavy atom. The van der Waals surface area contributed by atoms with Crippen molar-refractivity contribution in [3.63, 3.8) is 0 Å². The van der Waals surface area contributed by atoms with Crippen LogP contribution in [0, 0.1) is 12.7 Å². The van der Waals surface area contributed by atoms with Crippen LogP contribution in [0.3, 0.4) is 0 Å². The molecule has 3 heteroatoms. The monoisotopic (exact) mass is 244 g/mol. The van der Waals surface area contributed by atoms with Crippen LogP contribution in [-0.2, 0) is 0 Å². The molecule has 0 radical (unpaired) electrons. The molecule has 1 aromatic heterocycles. The lowest BCUT2D eigenvalue weighted by Crippen LogP contribution is -2.01. The van der Waals surface area contributed by atoms with Gasteiger partial charge < -0.3 is 5.73 Å². The van der Waals surface area contributed by atoms with Crippen molar-refractivity contribution in [2.75, 3.05) is 5.73 Å². The molecule has 0 saturated heterocycles. The second kappa shape index (κ2) is 4.77. The molecule has 0 aliphatic heterocycles. The van der Waals surface area contributed by atoms with E-state index in [1.165, 1.54) is 12.1 Å². The Bertz CT molecular complexity index is 577. The molecule has 1 heterocycles. The molecule has 18 heavy (non-hydrogen) atoms. The van der Waals surface area contributed by atoms with E-state index in [4.69, 9.17) is 5.73 Å². The van der Waals surface area contributed by atoms with Crippen molar-refractivity contribution in [2.24, 2.45) is 0 Å². The smallest absolute Gasteiger partial charge is 0.124 e. The van der Waals surface area contributed by atoms with Gasteiger partial charge in [-0.2, -0.15) is 0 Å². The zero-order chi connectivity index (χ0) is 13.3. The Morgan fingerprint density at radius 3 is 2.50 bits per heavy atom. The molecule has 0 aliphatic rings. The van der Waals surface area contributed by atoms with E-state index in [0.717, 1.165) is 22.3 Å². The van der Waals surface area contributed by atoms with Crippen molar-refractivity contribution in [2.45, 2.75) is 26.7 Å². The molecule has 0 spiro atoms. The van der Waals surface area contributed by atoms with E-state index in [2.05, 4.69) is 4.98 Å². The van der Waals surface area contributed by atoms with Gasteiger partial charge in [0, 0.05) is 29.2 Å². The molecule has 2 rings (SSSR count). The summed E-state index contributed by atoms with van der Waals surface area (Å²) in [6.07, 6.45) is 3.48. The normalized spacial score (nSPS) is 10.9. The Morgan fingerprint density at radius 2 is 1.89 bits per heavy atom. The van der Waals surface area contributed by atoms with E-state index in [1.54, 1.807) is 12.4 Å². The first-order chi connectivity index (χ1) is 8.49. The van der Waals surface area contributed by atoms with Crippen LogP contribution in [0.15, 0.2) is 30.6 Å². The molecule has 0 fully saturated rings. The average Bonchev–Trinajstić information content (AvgIpc) is 2.31. The lowest BCUT2D eigenvalue weighted by atomic mass is 9.94. The number of hydrogen-bond acceptors (Lipinski definition) is 2. The van der Waals surface area contributed by atoms with Crippen molar-refractivity contribution in [3.05, 3.63) is 47.5 Å². The van der Waals surface area contributed by atoms with Crippen LogP contribution in [0.1, 0.15) is 30.9 Å². The van der Waals surface area contributed by atoms with Crippen LogP contribution in [0.2, 0.25) is 0 Å². The number of benzene rings is 1. The fourth-order valence-electron chi connectivity index (χ4n) is 2.06. The van der Waals surface area contributed by atoms with Crippen molar-refractivity contribution >= 4 is 5.69 Å². The third-order valence-corrected chi connectivity index (χ3v) is 2.98. The summed E-state index contributed by atoms with van der Waals surface area (Å²) in [6, 6.07) is 4.94. The fourth-order valence-corrected chi connectivity index (χ4v) is 2.06. The number of nitrogens with two attached hydrogens (primary N) is 1. The van der Waals surface area contributed by atoms with E-state index in [1.807, 2.05) is 26.8 Å². The van der Waals surface area contributed by atoms with Crippen LogP contribution in [-0.4, -0.2) is 4.98 Å². The molecule has 2 nitrogen and oxygen atoms in total. The van der Waals surface area contributed by atoms with Gasteiger partial charge in [-0.05, 0) is 42.2 Å². The number of hydrogen-bond donors (Lipinski definition) is 1. The van der Waals surface area contributed by atoms with Crippen LogP contribution in [0.4, 0.5) is 10.1 Å². The maximum absolute atomic E-state index is 13.7. The zero-order valence-electron chi connectivity index (χ0n) is 10.9. The third kappa shape index (κ3) is 2.35. The topological polar surface area (TPSA) is 38.9 Å². The Hall–Kier alpha value is -1.90. The lowest BCUT2D eigenvalue weighted by molar-refractivity contribution is 0.624. The number of pyridine rings is 1. The molecule has 0 saturated carbocycles. The molecule has 0 unspecified atom stereocenters. The highest BCUT2D eigenvalue weighted by Gasteiger charge is 2.12. The number of rotatable bonds is 2. The fraction of sp³-hybridized carbons (Fsp3) is 0.267. The first-order valence-corrected chi connectivity index (χ1v) is 6.00. The maximum Gasteiger partial charge on any atom is 0.124 e. The number of anilines is 1. The summed E-state index contributed by atoms with van der Waals surface area (Å²) < 4.78 is 13.7. The summed E-state index contributed by atoms with van der Waals surface area (Å²) in [5.74, 6) is -0.0679. The van der Waals surface area contributed by atoms with Crippen LogP contribution >= 0.6 is 0 Å². The van der Waals surface area contributed by atoms with Gasteiger partial charge in [-0.15, -0.1) is 0 Å². The molecule has 0 bridgehead atoms. The number of aromatic nitrogens is 1. The van der Waals surface area contributed by atoms with Gasteiger partial charge in [-0.25, -0.2) is 4.39 Å². The third-order valence-electron chi connectivity index (χ3n) is 2.98. The van der Waals surface area contributed by atoms with Crippen molar-refractivity contribution in [1.82, 2.24) is 4.98 Å². The Kier molecular flexibility index (Phi) is 3.32. The summed E-state index contributed by atoms with van der Waals surface area (Å²) >= 11 is 0. The van der Waals surface area contributed by atoms with Gasteiger partial charge in [-0.1, -0.05) is 13.8 Å². The van der Waals surface area contributed by atoms with Crippen LogP contribution in [0.5, 0.6) is 0 Å². The van der Waals surface area contributed by atoms with Gasteiger partial charge in [0.05, 0.1) is 0 Å². The average molecular weight is 244 g/mol. The molecule has 0 amide bonds. The first kappa shape index (κ1) is 12.6. The van der Waals surface area contributed by atoms with Gasteiger partial charge in [0.25, 0.3) is 0 Å². The van der Waals surface area contributed by atoms with E-state index in [-0.39, 0.29) is 11.7 Å². The van der Waals surface area contributed by atoms with E-state index < -0.39 is 0 Å². The van der Waals surface area contributed by atoms with Gasteiger partial charge >= 0.3 is 0 Å². The zero-order valence-corrected chi connectivity index (χ0v) is 10.9. The number of halogens is 1. The summed E-state index contributed by atoms with van der Waals surface area (Å²) in [7, 11) is 0. The summed E-state index contributed by atoms with van der Waals surface area (Å²) in [4.78, 5) is 4.13. The highest BCUT2D eigenvalue weighted by Crippen LogP contribution is 2.33. The predicted octanol–water partition coefficient (Wildman–Crippen LogP) is 3.90. The van der Waals surface area contributed by atoms with Gasteiger partial charge in [0.1, 0.15) is 5.82 Å². The lowest BCUT2D eigenvalue weighted by Gasteiger charge is -2.14. The second-order valence-electron chi connectivity index (χ2n) is 4.86. The SMILES string of the molecule is Cc1cncc(-c2cc(F)cc(C(C)C)c2N)c1. The largest absolute Gasteiger partial charge is 0.398 e. The van der Waals surface area contributed by atoms with Crippen LogP contribution in [0.25, 0.3) is 11.1 Å². The maximum atomic E-state index is 13.7. The standard InChI is InChI=1S/C15H17FN2/c1-9(2)13-5-12(16)6-14(15(13)17)11-4-10(3)7-18-8-11/h4-9H,17H2,1-3H3. The number of nitrogens with zero attached hydrogens (tertiary/aromatic N) is 1. The molecule has 2 N–H and O–H groups in total. The van der Waals surface area contributed by atoms with Gasteiger partial charge in [-0.3, -0.25) is 4.98 Å². The molecule has 94 valence electrons. The minimum absolute atomic E-state index is 0.192. The van der Waals surface area contributed by atoms with Crippen molar-refractivity contribution < 1.29 is 4.39 Å². The minimum Gasteiger partial charge on any atom is -0.398 e. The molecule has 0 atom stereocenters. The predicted molar refractivity (Wildman–Crippen MR) is 72.9 cm³/mol. The first-order valence-electron chi connectivity index (χ1n) is 6.00. The summed E-state index contributed by atoms with van der Waals surface area (Å²) in [5.41, 5.74) is 10.2. The Balaban J connectivity index is 2.64. The van der Waals surface area contributed by atoms with Gasteiger partial charge in [0.2, 0.25) is 0 Å². The van der Waals surface area contributed by atoms with E-state index >= 15 is 0 Å². The van der Waals surface area contributed by atoms with E-state index in [0.29, 0.717) is 5.69 Å². The van der Waals surface area contributed by atoms with Crippen molar-refractivity contribution in [1.29, 1.82) is 0 Å². The molecule has 0 aliphatic carbocycles. The summed E-state index contributed by atoms with van der Waals surface area (Å²) in [6.45, 7) is 5.96.